The maximum atomic E-state index is 11.8. The first-order chi connectivity index (χ1) is 12.6. The molecule has 3 rings (SSSR count). The van der Waals surface area contributed by atoms with Crippen LogP contribution in [0.2, 0.25) is 0 Å². The van der Waals surface area contributed by atoms with E-state index in [-0.39, 0.29) is 18.2 Å². The van der Waals surface area contributed by atoms with Crippen LogP contribution in [-0.2, 0) is 25.4 Å². The highest BCUT2D eigenvalue weighted by Gasteiger charge is 2.47. The number of ether oxygens (including phenoxy) is 3. The van der Waals surface area contributed by atoms with Gasteiger partial charge in [0, 0.05) is 32.1 Å². The molecule has 0 radical (unpaired) electrons. The monoisotopic (exact) mass is 360 g/mol. The number of carbonyl (C=O) groups is 1. The summed E-state index contributed by atoms with van der Waals surface area (Å²) in [6.45, 7) is 4.46. The van der Waals surface area contributed by atoms with Gasteiger partial charge in [0.25, 0.3) is 0 Å². The molecule has 2 atom stereocenters. The van der Waals surface area contributed by atoms with Crippen LogP contribution < -0.4 is 0 Å². The molecule has 0 N–H and O–H groups in total. The van der Waals surface area contributed by atoms with Gasteiger partial charge in [0.1, 0.15) is 0 Å². The molecule has 0 unspecified atom stereocenters. The van der Waals surface area contributed by atoms with E-state index in [0.717, 1.165) is 32.1 Å². The molecule has 1 heterocycles. The lowest BCUT2D eigenvalue weighted by atomic mass is 9.94. The van der Waals surface area contributed by atoms with Crippen LogP contribution in [0.5, 0.6) is 0 Å². The van der Waals surface area contributed by atoms with E-state index in [2.05, 4.69) is 24.3 Å². The summed E-state index contributed by atoms with van der Waals surface area (Å²) in [5.74, 6) is -0.208. The molecule has 1 aliphatic carbocycles. The third-order valence-electron chi connectivity index (χ3n) is 5.28. The second-order valence-electron chi connectivity index (χ2n) is 8.08. The summed E-state index contributed by atoms with van der Waals surface area (Å²) in [4.78, 5) is 11.8. The predicted molar refractivity (Wildman–Crippen MR) is 101 cm³/mol. The molecule has 1 aliphatic heterocycles. The summed E-state index contributed by atoms with van der Waals surface area (Å²) < 4.78 is 18.3. The fourth-order valence-electron chi connectivity index (χ4n) is 4.00. The third kappa shape index (κ3) is 5.31. The molecule has 26 heavy (non-hydrogen) atoms. The van der Waals surface area contributed by atoms with Gasteiger partial charge in [-0.15, -0.1) is 0 Å². The van der Waals surface area contributed by atoms with Crippen LogP contribution in [0.4, 0.5) is 0 Å². The van der Waals surface area contributed by atoms with Gasteiger partial charge in [-0.3, -0.25) is 4.79 Å². The Morgan fingerprint density at radius 3 is 2.50 bits per heavy atom. The molecule has 2 fully saturated rings. The number of hydrogen-bond acceptors (Lipinski definition) is 4. The average Bonchev–Trinajstić information content (AvgIpc) is 2.92. The Morgan fingerprint density at radius 2 is 1.81 bits per heavy atom. The lowest BCUT2D eigenvalue weighted by molar-refractivity contribution is -0.194. The van der Waals surface area contributed by atoms with Crippen molar-refractivity contribution in [2.45, 2.75) is 83.2 Å². The van der Waals surface area contributed by atoms with Crippen LogP contribution >= 0.6 is 0 Å². The van der Waals surface area contributed by atoms with E-state index < -0.39 is 5.79 Å². The van der Waals surface area contributed by atoms with Gasteiger partial charge in [-0.25, -0.2) is 0 Å². The lowest BCUT2D eigenvalue weighted by Crippen LogP contribution is -2.33. The summed E-state index contributed by atoms with van der Waals surface area (Å²) >= 11 is 0. The van der Waals surface area contributed by atoms with E-state index in [1.54, 1.807) is 0 Å². The molecule has 1 aromatic rings. The second-order valence-corrected chi connectivity index (χ2v) is 8.08. The third-order valence-corrected chi connectivity index (χ3v) is 5.28. The first-order valence-corrected chi connectivity index (χ1v) is 10.1. The molecular weight excluding hydrogens is 328 g/mol. The zero-order valence-corrected chi connectivity index (χ0v) is 16.1. The minimum Gasteiger partial charge on any atom is -0.466 e. The maximum Gasteiger partial charge on any atom is 0.306 e. The summed E-state index contributed by atoms with van der Waals surface area (Å²) in [5.41, 5.74) is 1.26. The van der Waals surface area contributed by atoms with Crippen molar-refractivity contribution >= 4 is 5.97 Å². The average molecular weight is 360 g/mol. The summed E-state index contributed by atoms with van der Waals surface area (Å²) in [5, 5.41) is 0. The number of carbonyl (C=O) groups excluding carboxylic acids is 1. The van der Waals surface area contributed by atoms with Crippen molar-refractivity contribution in [2.75, 3.05) is 6.61 Å². The molecule has 1 spiro atoms. The second kappa shape index (κ2) is 9.01. The van der Waals surface area contributed by atoms with Crippen LogP contribution in [0, 0.1) is 5.92 Å². The zero-order chi connectivity index (χ0) is 18.4. The number of esters is 1. The minimum atomic E-state index is -0.412. The van der Waals surface area contributed by atoms with Crippen LogP contribution in [-0.4, -0.2) is 30.6 Å². The Balaban J connectivity index is 1.59. The van der Waals surface area contributed by atoms with Gasteiger partial charge in [0.2, 0.25) is 0 Å². The lowest BCUT2D eigenvalue weighted by Gasteiger charge is -2.32. The van der Waals surface area contributed by atoms with Gasteiger partial charge in [-0.2, -0.15) is 0 Å². The largest absolute Gasteiger partial charge is 0.466 e. The fraction of sp³-hybridized carbons (Fsp3) is 0.682. The summed E-state index contributed by atoms with van der Waals surface area (Å²) in [6, 6.07) is 10.4. The maximum absolute atomic E-state index is 11.8. The number of hydrogen-bond donors (Lipinski definition) is 0. The van der Waals surface area contributed by atoms with E-state index in [4.69, 9.17) is 14.2 Å². The van der Waals surface area contributed by atoms with Gasteiger partial charge < -0.3 is 14.2 Å². The Labute approximate surface area is 157 Å². The SMILES string of the molecule is CC(C)CC(=O)OCC[C@H]1OC2(CCCCC2)O[C@@H]1Cc1ccccc1. The Morgan fingerprint density at radius 1 is 1.12 bits per heavy atom. The molecule has 4 heteroatoms. The van der Waals surface area contributed by atoms with Gasteiger partial charge in [0.05, 0.1) is 18.8 Å². The van der Waals surface area contributed by atoms with E-state index in [9.17, 15) is 4.79 Å². The minimum absolute atomic E-state index is 0.0137. The van der Waals surface area contributed by atoms with E-state index in [1.807, 2.05) is 19.9 Å². The van der Waals surface area contributed by atoms with Crippen LogP contribution in [0.15, 0.2) is 30.3 Å². The Bertz CT molecular complexity index is 563. The Hall–Kier alpha value is -1.39. The standard InChI is InChI=1S/C22H32O4/c1-17(2)15-21(23)24-14-11-19-20(16-18-9-5-3-6-10-18)26-22(25-19)12-7-4-8-13-22/h3,5-6,9-10,17,19-20H,4,7-8,11-16H2,1-2H3/t19-,20-/m1/s1. The first kappa shape index (κ1) is 19.4. The normalized spacial score (nSPS) is 24.9. The van der Waals surface area contributed by atoms with Crippen molar-refractivity contribution in [3.05, 3.63) is 35.9 Å². The molecule has 2 aliphatic rings. The van der Waals surface area contributed by atoms with Gasteiger partial charge in [-0.05, 0) is 24.3 Å². The van der Waals surface area contributed by atoms with Crippen molar-refractivity contribution in [2.24, 2.45) is 5.92 Å². The molecule has 1 aromatic carbocycles. The molecule has 144 valence electrons. The smallest absolute Gasteiger partial charge is 0.306 e. The van der Waals surface area contributed by atoms with Crippen molar-refractivity contribution in [3.63, 3.8) is 0 Å². The number of rotatable bonds is 7. The van der Waals surface area contributed by atoms with Crippen LogP contribution in [0.1, 0.15) is 64.4 Å². The number of benzene rings is 1. The highest BCUT2D eigenvalue weighted by molar-refractivity contribution is 5.69. The molecule has 0 amide bonds. The molecule has 0 bridgehead atoms. The van der Waals surface area contributed by atoms with Crippen molar-refractivity contribution in [3.8, 4) is 0 Å². The summed E-state index contributed by atoms with van der Waals surface area (Å²) in [6.07, 6.45) is 7.55. The molecule has 0 aromatic heterocycles. The van der Waals surface area contributed by atoms with Crippen LogP contribution in [0.3, 0.4) is 0 Å². The van der Waals surface area contributed by atoms with Gasteiger partial charge in [-0.1, -0.05) is 50.6 Å². The highest BCUT2D eigenvalue weighted by Crippen LogP contribution is 2.42. The van der Waals surface area contributed by atoms with E-state index >= 15 is 0 Å². The molecule has 1 saturated heterocycles. The van der Waals surface area contributed by atoms with Gasteiger partial charge in [0.15, 0.2) is 5.79 Å². The van der Waals surface area contributed by atoms with Crippen molar-refractivity contribution in [1.82, 2.24) is 0 Å². The van der Waals surface area contributed by atoms with Crippen LogP contribution in [0.25, 0.3) is 0 Å². The fourth-order valence-corrected chi connectivity index (χ4v) is 4.00. The molecular formula is C22H32O4. The van der Waals surface area contributed by atoms with Gasteiger partial charge >= 0.3 is 5.97 Å². The molecule has 1 saturated carbocycles. The van der Waals surface area contributed by atoms with Crippen molar-refractivity contribution in [1.29, 1.82) is 0 Å². The molecule has 4 nitrogen and oxygen atoms in total. The quantitative estimate of drug-likeness (QED) is 0.664. The highest BCUT2D eigenvalue weighted by atomic mass is 16.8. The van der Waals surface area contributed by atoms with Crippen molar-refractivity contribution < 1.29 is 19.0 Å². The van der Waals surface area contributed by atoms with E-state index in [0.29, 0.717) is 25.4 Å². The topological polar surface area (TPSA) is 44.8 Å². The first-order valence-electron chi connectivity index (χ1n) is 10.1. The predicted octanol–water partition coefficient (Wildman–Crippen LogP) is 4.65. The van der Waals surface area contributed by atoms with E-state index in [1.165, 1.54) is 12.0 Å². The summed E-state index contributed by atoms with van der Waals surface area (Å²) in [7, 11) is 0. The Kier molecular flexibility index (Phi) is 6.71. The zero-order valence-electron chi connectivity index (χ0n) is 16.1.